The van der Waals surface area contributed by atoms with Gasteiger partial charge in [0.25, 0.3) is 0 Å². The van der Waals surface area contributed by atoms with Crippen molar-refractivity contribution in [2.24, 2.45) is 5.73 Å². The molecule has 0 saturated heterocycles. The molecule has 2 heterocycles. The van der Waals surface area contributed by atoms with Gasteiger partial charge in [0, 0.05) is 16.6 Å². The largest absolute Gasteiger partial charge is 0.486 e. The first kappa shape index (κ1) is 17.5. The molecule has 1 aliphatic rings. The molecular weight excluding hydrogens is 371 g/mol. The van der Waals surface area contributed by atoms with Gasteiger partial charge >= 0.3 is 0 Å². The molecule has 1 aromatic heterocycles. The van der Waals surface area contributed by atoms with Crippen molar-refractivity contribution in [3.63, 3.8) is 0 Å². The second-order valence-electron chi connectivity index (χ2n) is 6.36. The van der Waals surface area contributed by atoms with Crippen LogP contribution in [0.3, 0.4) is 0 Å². The molecule has 1 aliphatic heterocycles. The summed E-state index contributed by atoms with van der Waals surface area (Å²) in [4.78, 5) is 3.48. The lowest BCUT2D eigenvalue weighted by Gasteiger charge is -2.19. The van der Waals surface area contributed by atoms with Gasteiger partial charge in [0.1, 0.15) is 13.2 Å². The van der Waals surface area contributed by atoms with E-state index in [1.807, 2.05) is 30.3 Å². The molecule has 4 nitrogen and oxygen atoms in total. The number of nitrogens with two attached hydrogens (primary N) is 1. The highest BCUT2D eigenvalue weighted by Crippen LogP contribution is 2.41. The van der Waals surface area contributed by atoms with Crippen LogP contribution >= 0.6 is 23.2 Å². The molecule has 0 radical (unpaired) electrons. The lowest BCUT2D eigenvalue weighted by molar-refractivity contribution is 0.171. The van der Waals surface area contributed by atoms with E-state index in [9.17, 15) is 0 Å². The van der Waals surface area contributed by atoms with Crippen molar-refractivity contribution in [1.29, 1.82) is 0 Å². The molecule has 0 unspecified atom stereocenters. The molecule has 0 bridgehead atoms. The van der Waals surface area contributed by atoms with Crippen LogP contribution in [0.4, 0.5) is 0 Å². The minimum absolute atomic E-state index is 0.560. The van der Waals surface area contributed by atoms with E-state index < -0.39 is 0 Å². The average molecular weight is 391 g/mol. The van der Waals surface area contributed by atoms with Crippen molar-refractivity contribution in [1.82, 2.24) is 4.98 Å². The predicted octanol–water partition coefficient (Wildman–Crippen LogP) is 5.19. The fraction of sp³-hybridized carbons (Fsp3) is 0.300. The third-order valence-electron chi connectivity index (χ3n) is 4.67. The van der Waals surface area contributed by atoms with E-state index in [1.54, 1.807) is 0 Å². The zero-order chi connectivity index (χ0) is 18.1. The van der Waals surface area contributed by atoms with E-state index in [2.05, 4.69) is 4.98 Å². The number of hydrogen-bond acceptors (Lipinski definition) is 3. The predicted molar refractivity (Wildman–Crippen MR) is 107 cm³/mol. The van der Waals surface area contributed by atoms with E-state index in [0.717, 1.165) is 58.5 Å². The highest BCUT2D eigenvalue weighted by Gasteiger charge is 2.19. The molecule has 4 rings (SSSR count). The Hall–Kier alpha value is -1.88. The molecule has 2 aromatic carbocycles. The highest BCUT2D eigenvalue weighted by molar-refractivity contribution is 6.40. The Morgan fingerprint density at radius 1 is 0.962 bits per heavy atom. The van der Waals surface area contributed by atoms with Gasteiger partial charge in [0.2, 0.25) is 0 Å². The minimum Gasteiger partial charge on any atom is -0.486 e. The van der Waals surface area contributed by atoms with Gasteiger partial charge < -0.3 is 20.2 Å². The summed E-state index contributed by atoms with van der Waals surface area (Å²) in [5.41, 5.74) is 9.75. The van der Waals surface area contributed by atoms with Crippen LogP contribution in [0, 0.1) is 0 Å². The molecule has 0 spiro atoms. The van der Waals surface area contributed by atoms with Crippen molar-refractivity contribution in [2.75, 3.05) is 19.8 Å². The van der Waals surface area contributed by atoms with Gasteiger partial charge in [-0.05, 0) is 61.7 Å². The molecular formula is C20H20Cl2N2O2. The second kappa shape index (κ2) is 7.39. The highest BCUT2D eigenvalue weighted by atomic mass is 35.5. The Bertz CT molecular complexity index is 953. The van der Waals surface area contributed by atoms with Crippen molar-refractivity contribution < 1.29 is 9.47 Å². The standard InChI is InChI=1S/C20H20Cl2N2O2/c21-14-5-6-15(22)20-18(14)13(3-1-2-8-23)19(24-20)12-4-7-16-17(11-12)26-10-9-25-16/h4-7,11,24H,1-3,8-10,23H2. The number of ether oxygens (including phenoxy) is 2. The van der Waals surface area contributed by atoms with Gasteiger partial charge in [-0.25, -0.2) is 0 Å². The minimum atomic E-state index is 0.560. The summed E-state index contributed by atoms with van der Waals surface area (Å²) in [7, 11) is 0. The first-order chi connectivity index (χ1) is 12.7. The lowest BCUT2D eigenvalue weighted by Crippen LogP contribution is -2.15. The monoisotopic (exact) mass is 390 g/mol. The number of fused-ring (bicyclic) bond motifs is 2. The summed E-state index contributed by atoms with van der Waals surface area (Å²) in [5, 5.41) is 2.35. The summed E-state index contributed by atoms with van der Waals surface area (Å²) in [6.07, 6.45) is 2.83. The SMILES string of the molecule is NCCCCc1c(-c2ccc3c(c2)OCCO3)[nH]c2c(Cl)ccc(Cl)c12. The number of aryl methyl sites for hydroxylation is 1. The third-order valence-corrected chi connectivity index (χ3v) is 5.30. The molecule has 0 saturated carbocycles. The average Bonchev–Trinajstić information content (AvgIpc) is 3.05. The Balaban J connectivity index is 1.87. The summed E-state index contributed by atoms with van der Waals surface area (Å²) >= 11 is 12.9. The Kier molecular flexibility index (Phi) is 4.98. The van der Waals surface area contributed by atoms with Gasteiger partial charge in [0.05, 0.1) is 15.6 Å². The van der Waals surface area contributed by atoms with E-state index in [-0.39, 0.29) is 0 Å². The Labute approximate surface area is 162 Å². The lowest BCUT2D eigenvalue weighted by atomic mass is 10.00. The quantitative estimate of drug-likeness (QED) is 0.588. The maximum atomic E-state index is 6.52. The zero-order valence-electron chi connectivity index (χ0n) is 14.3. The van der Waals surface area contributed by atoms with Gasteiger partial charge in [-0.2, -0.15) is 0 Å². The number of halogens is 2. The van der Waals surface area contributed by atoms with Crippen molar-refractivity contribution in [3.8, 4) is 22.8 Å². The number of unbranched alkanes of at least 4 members (excludes halogenated alkanes) is 1. The van der Waals surface area contributed by atoms with Crippen LogP contribution in [0.15, 0.2) is 30.3 Å². The summed E-state index contributed by atoms with van der Waals surface area (Å²) in [6, 6.07) is 9.65. The Morgan fingerprint density at radius 3 is 2.54 bits per heavy atom. The number of aromatic nitrogens is 1. The van der Waals surface area contributed by atoms with Crippen LogP contribution < -0.4 is 15.2 Å². The zero-order valence-corrected chi connectivity index (χ0v) is 15.8. The van der Waals surface area contributed by atoms with E-state index in [1.165, 1.54) is 0 Å². The number of rotatable bonds is 5. The van der Waals surface area contributed by atoms with Crippen molar-refractivity contribution >= 4 is 34.1 Å². The normalized spacial score (nSPS) is 13.3. The second-order valence-corrected chi connectivity index (χ2v) is 7.18. The smallest absolute Gasteiger partial charge is 0.162 e. The number of hydrogen-bond donors (Lipinski definition) is 2. The number of benzene rings is 2. The topological polar surface area (TPSA) is 60.3 Å². The van der Waals surface area contributed by atoms with E-state index >= 15 is 0 Å². The Morgan fingerprint density at radius 2 is 1.73 bits per heavy atom. The molecule has 0 atom stereocenters. The molecule has 3 aromatic rings. The molecule has 0 amide bonds. The van der Waals surface area contributed by atoms with Gasteiger partial charge in [-0.15, -0.1) is 0 Å². The first-order valence-corrected chi connectivity index (χ1v) is 9.53. The third kappa shape index (κ3) is 3.13. The maximum absolute atomic E-state index is 6.52. The summed E-state index contributed by atoms with van der Waals surface area (Å²) in [5.74, 6) is 1.54. The van der Waals surface area contributed by atoms with E-state index in [4.69, 9.17) is 38.4 Å². The number of H-pyrrole nitrogens is 1. The van der Waals surface area contributed by atoms with Gasteiger partial charge in [-0.1, -0.05) is 23.2 Å². The molecule has 0 aliphatic carbocycles. The fourth-order valence-electron chi connectivity index (χ4n) is 3.44. The number of nitrogens with one attached hydrogen (secondary N) is 1. The van der Waals surface area contributed by atoms with Crippen LogP contribution in [0.5, 0.6) is 11.5 Å². The number of aromatic amines is 1. The molecule has 136 valence electrons. The maximum Gasteiger partial charge on any atom is 0.162 e. The van der Waals surface area contributed by atoms with E-state index in [0.29, 0.717) is 29.8 Å². The molecule has 0 fully saturated rings. The first-order valence-electron chi connectivity index (χ1n) is 8.77. The van der Waals surface area contributed by atoms with Crippen LogP contribution in [-0.2, 0) is 6.42 Å². The van der Waals surface area contributed by atoms with Crippen LogP contribution in [0.1, 0.15) is 18.4 Å². The molecule has 26 heavy (non-hydrogen) atoms. The van der Waals surface area contributed by atoms with Crippen molar-refractivity contribution in [3.05, 3.63) is 45.9 Å². The van der Waals surface area contributed by atoms with Gasteiger partial charge in [0.15, 0.2) is 11.5 Å². The van der Waals surface area contributed by atoms with Gasteiger partial charge in [-0.3, -0.25) is 0 Å². The summed E-state index contributed by atoms with van der Waals surface area (Å²) < 4.78 is 11.4. The van der Waals surface area contributed by atoms with Crippen LogP contribution in [0.2, 0.25) is 10.0 Å². The summed E-state index contributed by atoms with van der Waals surface area (Å²) in [6.45, 7) is 1.81. The van der Waals surface area contributed by atoms with Crippen LogP contribution in [0.25, 0.3) is 22.2 Å². The fourth-order valence-corrected chi connectivity index (χ4v) is 3.91. The van der Waals surface area contributed by atoms with Crippen LogP contribution in [-0.4, -0.2) is 24.7 Å². The van der Waals surface area contributed by atoms with Crippen molar-refractivity contribution in [2.45, 2.75) is 19.3 Å². The molecule has 6 heteroatoms. The molecule has 3 N–H and O–H groups in total.